The number of nitrogens with zero attached hydrogens (tertiary/aromatic N) is 1. The lowest BCUT2D eigenvalue weighted by molar-refractivity contribution is -0.143. The second-order valence-corrected chi connectivity index (χ2v) is 5.18. The van der Waals surface area contributed by atoms with Gasteiger partial charge in [0.05, 0.1) is 36.9 Å². The second-order valence-electron chi connectivity index (χ2n) is 5.18. The minimum Gasteiger partial charge on any atom is -0.467 e. The summed E-state index contributed by atoms with van der Waals surface area (Å²) in [6.07, 6.45) is 3.27. The van der Waals surface area contributed by atoms with Gasteiger partial charge in [-0.25, -0.2) is 0 Å². The molecule has 0 unspecified atom stereocenters. The Morgan fingerprint density at radius 1 is 1.17 bits per heavy atom. The lowest BCUT2D eigenvalue weighted by Gasteiger charge is -2.15. The Morgan fingerprint density at radius 2 is 1.83 bits per heavy atom. The summed E-state index contributed by atoms with van der Waals surface area (Å²) in [7, 11) is 0. The van der Waals surface area contributed by atoms with Crippen LogP contribution in [0.2, 0.25) is 0 Å². The van der Waals surface area contributed by atoms with Crippen molar-refractivity contribution >= 4 is 11.8 Å². The molecule has 1 aromatic rings. The highest BCUT2D eigenvalue weighted by Crippen LogP contribution is 2.48. The third-order valence-electron chi connectivity index (χ3n) is 4.27. The topological polar surface area (TPSA) is 59.8 Å². The normalized spacial score (nSPS) is 37.7. The number of rotatable bonds is 2. The van der Waals surface area contributed by atoms with E-state index in [1.165, 1.54) is 4.90 Å². The summed E-state index contributed by atoms with van der Waals surface area (Å²) in [6.45, 7) is 0.247. The van der Waals surface area contributed by atoms with Crippen molar-refractivity contribution in [1.82, 2.24) is 4.90 Å². The van der Waals surface area contributed by atoms with E-state index >= 15 is 0 Å². The van der Waals surface area contributed by atoms with Crippen molar-refractivity contribution in [2.75, 3.05) is 0 Å². The summed E-state index contributed by atoms with van der Waals surface area (Å²) in [5, 5.41) is 0. The van der Waals surface area contributed by atoms with Crippen molar-refractivity contribution in [3.63, 3.8) is 0 Å². The fourth-order valence-electron chi connectivity index (χ4n) is 3.49. The molecule has 0 aliphatic carbocycles. The summed E-state index contributed by atoms with van der Waals surface area (Å²) >= 11 is 0. The summed E-state index contributed by atoms with van der Waals surface area (Å²) in [5.41, 5.74) is 0. The molecular formula is C13H13NO4. The number of carbonyl (C=O) groups is 2. The molecule has 4 rings (SSSR count). The van der Waals surface area contributed by atoms with Gasteiger partial charge in [-0.1, -0.05) is 0 Å². The first kappa shape index (κ1) is 10.3. The largest absolute Gasteiger partial charge is 0.467 e. The van der Waals surface area contributed by atoms with E-state index in [1.54, 1.807) is 18.4 Å². The first-order valence-corrected chi connectivity index (χ1v) is 6.29. The van der Waals surface area contributed by atoms with Crippen molar-refractivity contribution < 1.29 is 18.7 Å². The van der Waals surface area contributed by atoms with Crippen LogP contribution in [-0.4, -0.2) is 28.9 Å². The number of carbonyl (C=O) groups excluding carboxylic acids is 2. The highest BCUT2D eigenvalue weighted by molar-refractivity contribution is 6.06. The van der Waals surface area contributed by atoms with Crippen LogP contribution in [-0.2, 0) is 20.9 Å². The van der Waals surface area contributed by atoms with Gasteiger partial charge in [-0.2, -0.15) is 0 Å². The second kappa shape index (κ2) is 3.45. The van der Waals surface area contributed by atoms with E-state index in [0.717, 1.165) is 12.8 Å². The Hall–Kier alpha value is -1.62. The molecule has 3 saturated heterocycles. The number of ether oxygens (including phenoxy) is 1. The average Bonchev–Trinajstić information content (AvgIpc) is 3.10. The molecule has 3 aliphatic rings. The lowest BCUT2D eigenvalue weighted by atomic mass is 9.81. The van der Waals surface area contributed by atoms with Gasteiger partial charge in [0, 0.05) is 0 Å². The summed E-state index contributed by atoms with van der Waals surface area (Å²) in [4.78, 5) is 25.9. The number of fused-ring (bicyclic) bond motifs is 5. The van der Waals surface area contributed by atoms with Gasteiger partial charge in [0.25, 0.3) is 0 Å². The van der Waals surface area contributed by atoms with E-state index in [9.17, 15) is 9.59 Å². The van der Waals surface area contributed by atoms with Crippen LogP contribution >= 0.6 is 0 Å². The molecule has 4 heterocycles. The van der Waals surface area contributed by atoms with Gasteiger partial charge in [-0.05, 0) is 25.0 Å². The maximum Gasteiger partial charge on any atom is 0.236 e. The molecule has 0 spiro atoms. The van der Waals surface area contributed by atoms with Crippen molar-refractivity contribution in [2.45, 2.75) is 31.6 Å². The van der Waals surface area contributed by atoms with E-state index in [0.29, 0.717) is 5.76 Å². The minimum absolute atomic E-state index is 0.0435. The van der Waals surface area contributed by atoms with Crippen molar-refractivity contribution in [3.05, 3.63) is 24.2 Å². The van der Waals surface area contributed by atoms with Crippen LogP contribution in [0, 0.1) is 11.8 Å². The zero-order valence-corrected chi connectivity index (χ0v) is 9.74. The Morgan fingerprint density at radius 3 is 2.39 bits per heavy atom. The molecule has 94 valence electrons. The van der Waals surface area contributed by atoms with Crippen molar-refractivity contribution in [1.29, 1.82) is 0 Å². The van der Waals surface area contributed by atoms with Gasteiger partial charge in [-0.15, -0.1) is 0 Å². The molecule has 1 aromatic heterocycles. The zero-order valence-electron chi connectivity index (χ0n) is 9.74. The molecule has 0 aromatic carbocycles. The molecule has 3 fully saturated rings. The van der Waals surface area contributed by atoms with Crippen molar-refractivity contribution in [2.24, 2.45) is 11.8 Å². The van der Waals surface area contributed by atoms with E-state index in [1.807, 2.05) is 0 Å². The molecule has 5 heteroatoms. The van der Waals surface area contributed by atoms with Crippen LogP contribution in [0.25, 0.3) is 0 Å². The lowest BCUT2D eigenvalue weighted by Crippen LogP contribution is -2.33. The SMILES string of the molecule is O=C1[C@@H]2[C@H](C(=O)N1Cc1ccco1)[C@H]1CC[C@@H]2O1. The van der Waals surface area contributed by atoms with Crippen LogP contribution in [0.3, 0.4) is 0 Å². The number of likely N-dealkylation sites (tertiary alicyclic amines) is 1. The molecule has 5 nitrogen and oxygen atoms in total. The highest BCUT2D eigenvalue weighted by Gasteiger charge is 2.62. The maximum absolute atomic E-state index is 12.3. The van der Waals surface area contributed by atoms with Gasteiger partial charge in [0.2, 0.25) is 11.8 Å². The fourth-order valence-corrected chi connectivity index (χ4v) is 3.49. The van der Waals surface area contributed by atoms with Crippen LogP contribution in [0.5, 0.6) is 0 Å². The summed E-state index contributed by atoms with van der Waals surface area (Å²) < 4.78 is 10.9. The Kier molecular flexibility index (Phi) is 1.97. The quantitative estimate of drug-likeness (QED) is 0.730. The molecule has 0 saturated carbocycles. The maximum atomic E-state index is 12.3. The number of amides is 2. The molecule has 0 radical (unpaired) electrons. The number of hydrogen-bond donors (Lipinski definition) is 0. The summed E-state index contributed by atoms with van der Waals surface area (Å²) in [6, 6.07) is 3.54. The summed E-state index contributed by atoms with van der Waals surface area (Å²) in [5.74, 6) is -0.0236. The Labute approximate surface area is 104 Å². The van der Waals surface area contributed by atoms with Gasteiger partial charge < -0.3 is 9.15 Å². The third kappa shape index (κ3) is 1.20. The van der Waals surface area contributed by atoms with E-state index < -0.39 is 0 Å². The Balaban J connectivity index is 1.63. The molecule has 2 amide bonds. The number of furan rings is 1. The zero-order chi connectivity index (χ0) is 12.3. The van der Waals surface area contributed by atoms with Crippen molar-refractivity contribution in [3.8, 4) is 0 Å². The minimum atomic E-state index is -0.244. The predicted molar refractivity (Wildman–Crippen MR) is 59.1 cm³/mol. The molecule has 0 N–H and O–H groups in total. The molecule has 4 atom stereocenters. The third-order valence-corrected chi connectivity index (χ3v) is 4.27. The molecule has 2 bridgehead atoms. The first-order valence-electron chi connectivity index (χ1n) is 6.29. The standard InChI is InChI=1S/C13H13NO4/c15-12-10-8-3-4-9(18-8)11(10)13(16)14(12)6-7-2-1-5-17-7/h1-2,5,8-11H,3-4,6H2/t8-,9+,10-,11+. The highest BCUT2D eigenvalue weighted by atomic mass is 16.5. The van der Waals surface area contributed by atoms with Gasteiger partial charge in [0.1, 0.15) is 5.76 Å². The monoisotopic (exact) mass is 247 g/mol. The average molecular weight is 247 g/mol. The van der Waals surface area contributed by atoms with Crippen LogP contribution < -0.4 is 0 Å². The number of hydrogen-bond acceptors (Lipinski definition) is 4. The van der Waals surface area contributed by atoms with E-state index in [-0.39, 0.29) is 42.4 Å². The number of imide groups is 1. The first-order chi connectivity index (χ1) is 8.75. The fraction of sp³-hybridized carbons (Fsp3) is 0.538. The molecular weight excluding hydrogens is 234 g/mol. The van der Waals surface area contributed by atoms with Gasteiger partial charge in [-0.3, -0.25) is 14.5 Å². The predicted octanol–water partition coefficient (Wildman–Crippen LogP) is 0.942. The smallest absolute Gasteiger partial charge is 0.236 e. The van der Waals surface area contributed by atoms with Crippen LogP contribution in [0.4, 0.5) is 0 Å². The van der Waals surface area contributed by atoms with Gasteiger partial charge in [0.15, 0.2) is 0 Å². The van der Waals surface area contributed by atoms with E-state index in [2.05, 4.69) is 0 Å². The van der Waals surface area contributed by atoms with Crippen LogP contribution in [0.15, 0.2) is 22.8 Å². The van der Waals surface area contributed by atoms with Gasteiger partial charge >= 0.3 is 0 Å². The Bertz CT molecular complexity index is 481. The molecule has 18 heavy (non-hydrogen) atoms. The van der Waals surface area contributed by atoms with Crippen LogP contribution in [0.1, 0.15) is 18.6 Å². The molecule has 3 aliphatic heterocycles. The van der Waals surface area contributed by atoms with E-state index in [4.69, 9.17) is 9.15 Å².